The predicted molar refractivity (Wildman–Crippen MR) is 91.3 cm³/mol. The van der Waals surface area contributed by atoms with Crippen LogP contribution in [0.5, 0.6) is 5.75 Å². The first-order valence-corrected chi connectivity index (χ1v) is 8.38. The highest BCUT2D eigenvalue weighted by Gasteiger charge is 2.35. The van der Waals surface area contributed by atoms with Gasteiger partial charge in [-0.05, 0) is 37.6 Å². The quantitative estimate of drug-likeness (QED) is 0.785. The third-order valence-corrected chi connectivity index (χ3v) is 4.20. The Balaban J connectivity index is 2.13. The van der Waals surface area contributed by atoms with E-state index >= 15 is 0 Å². The fourth-order valence-electron chi connectivity index (χ4n) is 2.57. The Morgan fingerprint density at radius 3 is 2.60 bits per heavy atom. The van der Waals surface area contributed by atoms with Crippen molar-refractivity contribution < 1.29 is 23.9 Å². The molecule has 0 aromatic heterocycles. The van der Waals surface area contributed by atoms with E-state index in [1.807, 2.05) is 6.92 Å². The number of ether oxygens (including phenoxy) is 2. The van der Waals surface area contributed by atoms with E-state index in [0.717, 1.165) is 0 Å². The summed E-state index contributed by atoms with van der Waals surface area (Å²) < 4.78 is 10.3. The number of amides is 2. The standard InChI is InChI=1S/C18H24N2O5/c1-4-12(2)25-16(21)11-15-17(22)19-9-10-20(15)18(23)13-5-7-14(24-3)8-6-13/h5-8,12,15H,4,9-11H2,1-3H3,(H,19,22). The number of nitrogens with one attached hydrogen (secondary N) is 1. The minimum atomic E-state index is -0.861. The average Bonchev–Trinajstić information content (AvgIpc) is 2.62. The number of nitrogens with zero attached hydrogens (tertiary/aromatic N) is 1. The van der Waals surface area contributed by atoms with Crippen molar-refractivity contribution in [2.24, 2.45) is 0 Å². The molecule has 7 heteroatoms. The molecule has 0 bridgehead atoms. The molecule has 2 unspecified atom stereocenters. The molecule has 1 saturated heterocycles. The second kappa shape index (κ2) is 8.50. The van der Waals surface area contributed by atoms with E-state index in [4.69, 9.17) is 9.47 Å². The van der Waals surface area contributed by atoms with Gasteiger partial charge < -0.3 is 19.7 Å². The van der Waals surface area contributed by atoms with Crippen molar-refractivity contribution >= 4 is 17.8 Å². The highest BCUT2D eigenvalue weighted by molar-refractivity contribution is 5.99. The lowest BCUT2D eigenvalue weighted by Gasteiger charge is -2.34. The van der Waals surface area contributed by atoms with Gasteiger partial charge in [-0.25, -0.2) is 0 Å². The van der Waals surface area contributed by atoms with Crippen molar-refractivity contribution in [2.75, 3.05) is 20.2 Å². The SMILES string of the molecule is CCC(C)OC(=O)CC1C(=O)NCCN1C(=O)c1ccc(OC)cc1. The van der Waals surface area contributed by atoms with E-state index in [0.29, 0.717) is 30.8 Å². The maximum absolute atomic E-state index is 12.8. The van der Waals surface area contributed by atoms with Gasteiger partial charge in [0.05, 0.1) is 19.6 Å². The second-order valence-corrected chi connectivity index (χ2v) is 5.95. The first kappa shape index (κ1) is 18.8. The van der Waals surface area contributed by atoms with Crippen LogP contribution in [0, 0.1) is 0 Å². The van der Waals surface area contributed by atoms with E-state index in [9.17, 15) is 14.4 Å². The molecule has 1 aliphatic heterocycles. The van der Waals surface area contributed by atoms with Gasteiger partial charge in [0.1, 0.15) is 11.8 Å². The summed E-state index contributed by atoms with van der Waals surface area (Å²) >= 11 is 0. The monoisotopic (exact) mass is 348 g/mol. The zero-order chi connectivity index (χ0) is 18.4. The number of hydrogen-bond acceptors (Lipinski definition) is 5. The highest BCUT2D eigenvalue weighted by Crippen LogP contribution is 2.18. The number of hydrogen-bond donors (Lipinski definition) is 1. The van der Waals surface area contributed by atoms with Crippen molar-refractivity contribution in [1.82, 2.24) is 10.2 Å². The summed E-state index contributed by atoms with van der Waals surface area (Å²) in [7, 11) is 1.55. The van der Waals surface area contributed by atoms with Crippen LogP contribution >= 0.6 is 0 Å². The Morgan fingerprint density at radius 2 is 2.00 bits per heavy atom. The topological polar surface area (TPSA) is 84.9 Å². The van der Waals surface area contributed by atoms with Crippen LogP contribution in [-0.4, -0.2) is 55.0 Å². The smallest absolute Gasteiger partial charge is 0.308 e. The fourth-order valence-corrected chi connectivity index (χ4v) is 2.57. The van der Waals surface area contributed by atoms with Crippen LogP contribution in [0.25, 0.3) is 0 Å². The number of esters is 1. The van der Waals surface area contributed by atoms with Gasteiger partial charge >= 0.3 is 5.97 Å². The zero-order valence-electron chi connectivity index (χ0n) is 14.8. The summed E-state index contributed by atoms with van der Waals surface area (Å²) in [5.41, 5.74) is 0.441. The summed E-state index contributed by atoms with van der Waals surface area (Å²) in [6.45, 7) is 4.40. The minimum absolute atomic E-state index is 0.155. The number of piperazine rings is 1. The Labute approximate surface area is 147 Å². The van der Waals surface area contributed by atoms with Crippen LogP contribution < -0.4 is 10.1 Å². The van der Waals surface area contributed by atoms with Gasteiger partial charge in [0.2, 0.25) is 5.91 Å². The normalized spacial score (nSPS) is 18.3. The first-order chi connectivity index (χ1) is 12.0. The molecule has 1 N–H and O–H groups in total. The summed E-state index contributed by atoms with van der Waals surface area (Å²) in [6.07, 6.45) is 0.319. The molecular formula is C18H24N2O5. The van der Waals surface area contributed by atoms with Gasteiger partial charge in [-0.2, -0.15) is 0 Å². The van der Waals surface area contributed by atoms with Crippen LogP contribution in [0.15, 0.2) is 24.3 Å². The summed E-state index contributed by atoms with van der Waals surface area (Å²) in [5, 5.41) is 2.70. The molecule has 2 rings (SSSR count). The molecule has 25 heavy (non-hydrogen) atoms. The van der Waals surface area contributed by atoms with Gasteiger partial charge in [-0.15, -0.1) is 0 Å². The predicted octanol–water partition coefficient (Wildman–Crippen LogP) is 1.37. The van der Waals surface area contributed by atoms with Crippen LogP contribution in [0.4, 0.5) is 0 Å². The lowest BCUT2D eigenvalue weighted by molar-refractivity contribution is -0.151. The molecule has 2 atom stereocenters. The largest absolute Gasteiger partial charge is 0.497 e. The van der Waals surface area contributed by atoms with Gasteiger partial charge in [0.25, 0.3) is 5.91 Å². The third kappa shape index (κ3) is 4.71. The van der Waals surface area contributed by atoms with Gasteiger partial charge in [0.15, 0.2) is 0 Å². The first-order valence-electron chi connectivity index (χ1n) is 8.38. The van der Waals surface area contributed by atoms with Crippen LogP contribution in [-0.2, 0) is 14.3 Å². The molecule has 1 aliphatic rings. The van der Waals surface area contributed by atoms with E-state index in [1.165, 1.54) is 4.90 Å². The molecule has 0 aliphatic carbocycles. The fraction of sp³-hybridized carbons (Fsp3) is 0.500. The Hall–Kier alpha value is -2.57. The van der Waals surface area contributed by atoms with E-state index < -0.39 is 12.0 Å². The third-order valence-electron chi connectivity index (χ3n) is 4.20. The summed E-state index contributed by atoms with van der Waals surface area (Å²) in [4.78, 5) is 38.5. The van der Waals surface area contributed by atoms with Crippen LogP contribution in [0.3, 0.4) is 0 Å². The van der Waals surface area contributed by atoms with E-state index in [-0.39, 0.29) is 24.3 Å². The molecule has 1 fully saturated rings. The molecule has 0 radical (unpaired) electrons. The van der Waals surface area contributed by atoms with Crippen LogP contribution in [0.2, 0.25) is 0 Å². The average molecular weight is 348 g/mol. The van der Waals surface area contributed by atoms with E-state index in [2.05, 4.69) is 5.32 Å². The highest BCUT2D eigenvalue weighted by atomic mass is 16.5. The summed E-state index contributed by atoms with van der Waals surface area (Å²) in [5.74, 6) is -0.474. The number of methoxy groups -OCH3 is 1. The summed E-state index contributed by atoms with van der Waals surface area (Å²) in [6, 6.07) is 5.79. The molecule has 1 aromatic rings. The minimum Gasteiger partial charge on any atom is -0.497 e. The number of carbonyl (C=O) groups is 3. The molecule has 7 nitrogen and oxygen atoms in total. The second-order valence-electron chi connectivity index (χ2n) is 5.95. The maximum Gasteiger partial charge on any atom is 0.308 e. The van der Waals surface area contributed by atoms with Gasteiger partial charge in [-0.3, -0.25) is 14.4 Å². The number of carbonyl (C=O) groups excluding carboxylic acids is 3. The molecular weight excluding hydrogens is 324 g/mol. The Kier molecular flexibility index (Phi) is 6.38. The van der Waals surface area contributed by atoms with Crippen molar-refractivity contribution in [1.29, 1.82) is 0 Å². The molecule has 2 amide bonds. The van der Waals surface area contributed by atoms with Crippen molar-refractivity contribution in [3.05, 3.63) is 29.8 Å². The van der Waals surface area contributed by atoms with Gasteiger partial charge in [-0.1, -0.05) is 6.92 Å². The molecule has 0 spiro atoms. The zero-order valence-corrected chi connectivity index (χ0v) is 14.8. The number of rotatable bonds is 6. The lowest BCUT2D eigenvalue weighted by atomic mass is 10.1. The molecule has 136 valence electrons. The number of benzene rings is 1. The van der Waals surface area contributed by atoms with E-state index in [1.54, 1.807) is 38.3 Å². The maximum atomic E-state index is 12.8. The van der Waals surface area contributed by atoms with Gasteiger partial charge in [0, 0.05) is 18.7 Å². The lowest BCUT2D eigenvalue weighted by Crippen LogP contribution is -2.57. The molecule has 0 saturated carbocycles. The van der Waals surface area contributed by atoms with Crippen LogP contribution in [0.1, 0.15) is 37.0 Å². The molecule has 1 heterocycles. The Morgan fingerprint density at radius 1 is 1.32 bits per heavy atom. The van der Waals surface area contributed by atoms with Crippen molar-refractivity contribution in [2.45, 2.75) is 38.8 Å². The molecule has 1 aromatic carbocycles. The Bertz CT molecular complexity index is 629. The van der Waals surface area contributed by atoms with Crippen molar-refractivity contribution in [3.63, 3.8) is 0 Å². The van der Waals surface area contributed by atoms with Crippen molar-refractivity contribution in [3.8, 4) is 5.75 Å².